The average molecular weight is 237 g/mol. The van der Waals surface area contributed by atoms with Crippen molar-refractivity contribution in [2.24, 2.45) is 5.73 Å². The molecule has 0 aromatic heterocycles. The molecule has 0 heterocycles. The normalized spacial score (nSPS) is 12.6. The molecule has 0 aliphatic heterocycles. The maximum atomic E-state index is 10.9. The minimum atomic E-state index is -1.02. The number of methoxy groups -OCH3 is 1. The van der Waals surface area contributed by atoms with E-state index in [9.17, 15) is 4.79 Å². The maximum Gasteiger partial charge on any atom is 0.325 e. The quantitative estimate of drug-likeness (QED) is 0.842. The summed E-state index contributed by atoms with van der Waals surface area (Å²) in [6.45, 7) is 5.96. The number of aryl methyl sites for hydroxylation is 1. The van der Waals surface area contributed by atoms with Gasteiger partial charge in [-0.2, -0.15) is 0 Å². The van der Waals surface area contributed by atoms with Crippen molar-refractivity contribution in [3.8, 4) is 5.75 Å². The third kappa shape index (κ3) is 2.77. The van der Waals surface area contributed by atoms with Crippen LogP contribution in [-0.2, 0) is 4.79 Å². The predicted molar refractivity (Wildman–Crippen MR) is 66.4 cm³/mol. The van der Waals surface area contributed by atoms with Crippen molar-refractivity contribution in [2.45, 2.75) is 32.7 Å². The van der Waals surface area contributed by atoms with E-state index in [0.717, 1.165) is 16.9 Å². The molecule has 0 spiro atoms. The Balaban J connectivity index is 3.33. The molecule has 0 saturated carbocycles. The first kappa shape index (κ1) is 13.5. The van der Waals surface area contributed by atoms with Gasteiger partial charge in [-0.15, -0.1) is 0 Å². The summed E-state index contributed by atoms with van der Waals surface area (Å²) in [4.78, 5) is 10.9. The molecule has 4 heteroatoms. The first-order valence-electron chi connectivity index (χ1n) is 5.55. The Morgan fingerprint density at radius 2 is 2.00 bits per heavy atom. The van der Waals surface area contributed by atoms with Crippen molar-refractivity contribution in [1.82, 2.24) is 0 Å². The zero-order valence-corrected chi connectivity index (χ0v) is 10.7. The predicted octanol–water partition coefficient (Wildman–Crippen LogP) is 2.21. The molecular formula is C13H19NO3. The highest BCUT2D eigenvalue weighted by molar-refractivity contribution is 5.75. The largest absolute Gasteiger partial charge is 0.496 e. The van der Waals surface area contributed by atoms with Gasteiger partial charge in [-0.25, -0.2) is 0 Å². The van der Waals surface area contributed by atoms with Crippen LogP contribution in [0.5, 0.6) is 5.75 Å². The van der Waals surface area contributed by atoms with Gasteiger partial charge in [0.2, 0.25) is 0 Å². The van der Waals surface area contributed by atoms with Gasteiger partial charge in [0.05, 0.1) is 7.11 Å². The van der Waals surface area contributed by atoms with Crippen molar-refractivity contribution in [2.75, 3.05) is 7.11 Å². The van der Waals surface area contributed by atoms with Gasteiger partial charge < -0.3 is 15.6 Å². The molecule has 1 aromatic rings. The first-order chi connectivity index (χ1) is 7.88. The Morgan fingerprint density at radius 3 is 2.41 bits per heavy atom. The molecule has 4 nitrogen and oxygen atoms in total. The van der Waals surface area contributed by atoms with Gasteiger partial charge in [-0.05, 0) is 35.6 Å². The number of nitrogens with two attached hydrogens (primary N) is 1. The Hall–Kier alpha value is -1.55. The second kappa shape index (κ2) is 5.19. The van der Waals surface area contributed by atoms with E-state index in [-0.39, 0.29) is 5.92 Å². The van der Waals surface area contributed by atoms with Gasteiger partial charge in [0.1, 0.15) is 11.8 Å². The lowest BCUT2D eigenvalue weighted by molar-refractivity contribution is -0.138. The van der Waals surface area contributed by atoms with Gasteiger partial charge in [0.15, 0.2) is 0 Å². The fraction of sp³-hybridized carbons (Fsp3) is 0.462. The smallest absolute Gasteiger partial charge is 0.325 e. The summed E-state index contributed by atoms with van der Waals surface area (Å²) in [7, 11) is 1.62. The topological polar surface area (TPSA) is 72.5 Å². The van der Waals surface area contributed by atoms with E-state index >= 15 is 0 Å². The second-order valence-electron chi connectivity index (χ2n) is 4.43. The number of aliphatic carboxylic acids is 1. The molecule has 0 aliphatic rings. The van der Waals surface area contributed by atoms with Crippen LogP contribution in [0.4, 0.5) is 0 Å². The van der Waals surface area contributed by atoms with E-state index in [4.69, 9.17) is 15.6 Å². The fourth-order valence-electron chi connectivity index (χ4n) is 1.86. The van der Waals surface area contributed by atoms with Crippen LogP contribution in [-0.4, -0.2) is 18.2 Å². The lowest BCUT2D eigenvalue weighted by Gasteiger charge is -2.18. The zero-order valence-electron chi connectivity index (χ0n) is 10.7. The highest BCUT2D eigenvalue weighted by Crippen LogP contribution is 2.32. The molecule has 17 heavy (non-hydrogen) atoms. The minimum Gasteiger partial charge on any atom is -0.496 e. The number of hydrogen-bond donors (Lipinski definition) is 2. The molecule has 0 fully saturated rings. The molecule has 3 N–H and O–H groups in total. The van der Waals surface area contributed by atoms with Gasteiger partial charge in [0, 0.05) is 0 Å². The summed E-state index contributed by atoms with van der Waals surface area (Å²) in [6, 6.07) is 2.59. The molecule has 0 saturated heterocycles. The number of carbonyl (C=O) groups is 1. The summed E-state index contributed by atoms with van der Waals surface area (Å²) in [5.41, 5.74) is 8.13. The minimum absolute atomic E-state index is 0.254. The monoisotopic (exact) mass is 237 g/mol. The van der Waals surface area contributed by atoms with Crippen LogP contribution in [0.2, 0.25) is 0 Å². The molecular weight excluding hydrogens is 218 g/mol. The van der Waals surface area contributed by atoms with E-state index in [2.05, 4.69) is 0 Å². The van der Waals surface area contributed by atoms with Crippen LogP contribution >= 0.6 is 0 Å². The molecule has 94 valence electrons. The van der Waals surface area contributed by atoms with Crippen LogP contribution in [0.15, 0.2) is 12.1 Å². The second-order valence-corrected chi connectivity index (χ2v) is 4.43. The number of hydrogen-bond acceptors (Lipinski definition) is 3. The Bertz CT molecular complexity index is 427. The lowest BCUT2D eigenvalue weighted by Crippen LogP contribution is -2.21. The molecule has 0 radical (unpaired) electrons. The lowest BCUT2D eigenvalue weighted by atomic mass is 9.94. The van der Waals surface area contributed by atoms with Crippen molar-refractivity contribution in [1.29, 1.82) is 0 Å². The van der Waals surface area contributed by atoms with Gasteiger partial charge >= 0.3 is 5.97 Å². The van der Waals surface area contributed by atoms with E-state index in [1.807, 2.05) is 26.8 Å². The Labute approximate surface area is 101 Å². The molecule has 1 aromatic carbocycles. The summed E-state index contributed by atoms with van der Waals surface area (Å²) >= 11 is 0. The maximum absolute atomic E-state index is 10.9. The average Bonchev–Trinajstić information content (AvgIpc) is 2.26. The third-order valence-corrected chi connectivity index (χ3v) is 2.78. The van der Waals surface area contributed by atoms with Crippen LogP contribution in [0.3, 0.4) is 0 Å². The number of rotatable bonds is 4. The van der Waals surface area contributed by atoms with E-state index in [1.54, 1.807) is 13.2 Å². The van der Waals surface area contributed by atoms with Crippen molar-refractivity contribution in [3.05, 3.63) is 28.8 Å². The molecule has 1 rings (SSSR count). The highest BCUT2D eigenvalue weighted by Gasteiger charge is 2.19. The SMILES string of the molecule is COc1c(C)cc(C(N)C(=O)O)cc1C(C)C. The number of benzene rings is 1. The number of carboxylic acids is 1. The van der Waals surface area contributed by atoms with E-state index in [1.165, 1.54) is 0 Å². The van der Waals surface area contributed by atoms with Crippen LogP contribution in [0, 0.1) is 6.92 Å². The Kier molecular flexibility index (Phi) is 4.12. The summed E-state index contributed by atoms with van der Waals surface area (Å²) in [5.74, 6) is 0.0372. The summed E-state index contributed by atoms with van der Waals surface area (Å²) in [5, 5.41) is 8.93. The van der Waals surface area contributed by atoms with Crippen LogP contribution in [0.1, 0.15) is 42.5 Å². The standard InChI is InChI=1S/C13H19NO3/c1-7(2)10-6-9(11(14)13(15)16)5-8(3)12(10)17-4/h5-7,11H,14H2,1-4H3,(H,15,16). The van der Waals surface area contributed by atoms with Crippen LogP contribution < -0.4 is 10.5 Å². The zero-order chi connectivity index (χ0) is 13.2. The molecule has 0 aliphatic carbocycles. The molecule has 1 unspecified atom stereocenters. The van der Waals surface area contributed by atoms with Crippen LogP contribution in [0.25, 0.3) is 0 Å². The van der Waals surface area contributed by atoms with Gasteiger partial charge in [0.25, 0.3) is 0 Å². The first-order valence-corrected chi connectivity index (χ1v) is 5.55. The Morgan fingerprint density at radius 1 is 1.41 bits per heavy atom. The molecule has 0 amide bonds. The fourth-order valence-corrected chi connectivity index (χ4v) is 1.86. The molecule has 1 atom stereocenters. The van der Waals surface area contributed by atoms with Crippen molar-refractivity contribution >= 4 is 5.97 Å². The van der Waals surface area contributed by atoms with Gasteiger partial charge in [-0.1, -0.05) is 19.9 Å². The van der Waals surface area contributed by atoms with E-state index < -0.39 is 12.0 Å². The summed E-state index contributed by atoms with van der Waals surface area (Å²) in [6.07, 6.45) is 0. The molecule has 0 bridgehead atoms. The number of ether oxygens (including phenoxy) is 1. The van der Waals surface area contributed by atoms with E-state index in [0.29, 0.717) is 5.56 Å². The highest BCUT2D eigenvalue weighted by atomic mass is 16.5. The van der Waals surface area contributed by atoms with Crippen molar-refractivity contribution < 1.29 is 14.6 Å². The summed E-state index contributed by atoms with van der Waals surface area (Å²) < 4.78 is 5.34. The number of carboxylic acid groups (broad SMARTS) is 1. The third-order valence-electron chi connectivity index (χ3n) is 2.78. The van der Waals surface area contributed by atoms with Crippen molar-refractivity contribution in [3.63, 3.8) is 0 Å². The van der Waals surface area contributed by atoms with Gasteiger partial charge in [-0.3, -0.25) is 4.79 Å².